The summed E-state index contributed by atoms with van der Waals surface area (Å²) in [6.07, 6.45) is 0. The van der Waals surface area contributed by atoms with Crippen LogP contribution in [0.25, 0.3) is 0 Å². The number of nitro benzene ring substituents is 1. The summed E-state index contributed by atoms with van der Waals surface area (Å²) in [5.41, 5.74) is 1.71. The number of hydrogen-bond donors (Lipinski definition) is 1. The van der Waals surface area contributed by atoms with Crippen LogP contribution in [0.4, 0.5) is 11.4 Å². The second-order valence-corrected chi connectivity index (χ2v) is 9.13. The molecule has 0 saturated carbocycles. The largest absolute Gasteiger partial charge is 0.325 e. The van der Waals surface area contributed by atoms with Crippen molar-refractivity contribution in [2.75, 3.05) is 11.1 Å². The Balaban J connectivity index is 1.47. The number of benzene rings is 3. The van der Waals surface area contributed by atoms with E-state index in [0.29, 0.717) is 27.2 Å². The standard InChI is InChI=1S/C21H16Cl2N2O3S2/c22-15-2-1-14(20(23)11-15)12-29-13-21(26)24-16-3-7-18(8-4-16)30-19-9-5-17(6-10-19)25(27)28/h1-11H,12-13H2,(H,24,26). The fraction of sp³-hybridized carbons (Fsp3) is 0.0952. The van der Waals surface area contributed by atoms with Crippen LogP contribution >= 0.6 is 46.7 Å². The van der Waals surface area contributed by atoms with Gasteiger partial charge in [0.2, 0.25) is 5.91 Å². The minimum absolute atomic E-state index is 0.0635. The number of halogens is 2. The Labute approximate surface area is 192 Å². The number of carbonyl (C=O) groups excluding carboxylic acids is 1. The van der Waals surface area contributed by atoms with Gasteiger partial charge in [0, 0.05) is 43.4 Å². The molecule has 3 aromatic rings. The van der Waals surface area contributed by atoms with Gasteiger partial charge in [0.15, 0.2) is 0 Å². The van der Waals surface area contributed by atoms with E-state index in [1.807, 2.05) is 30.3 Å². The van der Waals surface area contributed by atoms with Crippen molar-refractivity contribution in [1.82, 2.24) is 0 Å². The molecule has 0 aliphatic rings. The van der Waals surface area contributed by atoms with Gasteiger partial charge in [0.1, 0.15) is 0 Å². The maximum atomic E-state index is 12.2. The van der Waals surface area contributed by atoms with E-state index in [1.54, 1.807) is 24.3 Å². The van der Waals surface area contributed by atoms with Crippen LogP contribution in [0.2, 0.25) is 10.0 Å². The highest BCUT2D eigenvalue weighted by atomic mass is 35.5. The maximum Gasteiger partial charge on any atom is 0.269 e. The van der Waals surface area contributed by atoms with Crippen LogP contribution < -0.4 is 5.32 Å². The number of non-ortho nitro benzene ring substituents is 1. The van der Waals surface area contributed by atoms with Crippen molar-refractivity contribution in [3.05, 3.63) is 92.5 Å². The molecule has 9 heteroatoms. The number of anilines is 1. The lowest BCUT2D eigenvalue weighted by Crippen LogP contribution is -2.14. The molecule has 0 unspecified atom stereocenters. The van der Waals surface area contributed by atoms with Gasteiger partial charge in [-0.05, 0) is 54.1 Å². The van der Waals surface area contributed by atoms with Gasteiger partial charge in [-0.1, -0.05) is 41.0 Å². The number of thioether (sulfide) groups is 1. The lowest BCUT2D eigenvalue weighted by atomic mass is 10.2. The molecule has 154 valence electrons. The van der Waals surface area contributed by atoms with Crippen LogP contribution in [0.15, 0.2) is 76.5 Å². The summed E-state index contributed by atoms with van der Waals surface area (Å²) in [4.78, 5) is 24.3. The van der Waals surface area contributed by atoms with Crippen LogP contribution in [0.3, 0.4) is 0 Å². The molecule has 0 saturated heterocycles. The van der Waals surface area contributed by atoms with Gasteiger partial charge in [-0.25, -0.2) is 0 Å². The van der Waals surface area contributed by atoms with E-state index in [0.717, 1.165) is 15.4 Å². The smallest absolute Gasteiger partial charge is 0.269 e. The summed E-state index contributed by atoms with van der Waals surface area (Å²) in [7, 11) is 0. The lowest BCUT2D eigenvalue weighted by molar-refractivity contribution is -0.384. The quantitative estimate of drug-likeness (QED) is 0.280. The molecule has 3 aromatic carbocycles. The summed E-state index contributed by atoms with van der Waals surface area (Å²) < 4.78 is 0. The zero-order valence-corrected chi connectivity index (χ0v) is 18.7. The predicted molar refractivity (Wildman–Crippen MR) is 125 cm³/mol. The second-order valence-electron chi connectivity index (χ2n) is 6.15. The van der Waals surface area contributed by atoms with E-state index in [2.05, 4.69) is 5.32 Å². The molecule has 5 nitrogen and oxygen atoms in total. The van der Waals surface area contributed by atoms with Crippen LogP contribution in [0.5, 0.6) is 0 Å². The third-order valence-electron chi connectivity index (χ3n) is 3.93. The first-order valence-corrected chi connectivity index (χ1v) is 11.5. The average Bonchev–Trinajstić information content (AvgIpc) is 2.71. The number of nitrogens with zero attached hydrogens (tertiary/aromatic N) is 1. The summed E-state index contributed by atoms with van der Waals surface area (Å²) in [5, 5.41) is 14.8. The van der Waals surface area contributed by atoms with Gasteiger partial charge < -0.3 is 5.32 Å². The number of hydrogen-bond acceptors (Lipinski definition) is 5. The van der Waals surface area contributed by atoms with Crippen LogP contribution in [0, 0.1) is 10.1 Å². The van der Waals surface area contributed by atoms with E-state index in [9.17, 15) is 14.9 Å². The SMILES string of the molecule is O=C(CSCc1ccc(Cl)cc1Cl)Nc1ccc(Sc2ccc([N+](=O)[O-])cc2)cc1. The highest BCUT2D eigenvalue weighted by Gasteiger charge is 2.07. The molecule has 0 aromatic heterocycles. The van der Waals surface area contributed by atoms with Crippen molar-refractivity contribution in [2.45, 2.75) is 15.5 Å². The van der Waals surface area contributed by atoms with Crippen LogP contribution in [-0.2, 0) is 10.5 Å². The van der Waals surface area contributed by atoms with E-state index in [1.165, 1.54) is 35.7 Å². The molecule has 1 amide bonds. The second kappa shape index (κ2) is 10.7. The van der Waals surface area contributed by atoms with Gasteiger partial charge in [0.05, 0.1) is 10.7 Å². The number of nitro groups is 1. The summed E-state index contributed by atoms with van der Waals surface area (Å²) in [5.74, 6) is 0.827. The first-order chi connectivity index (χ1) is 14.4. The molecular weight excluding hydrogens is 463 g/mol. The maximum absolute atomic E-state index is 12.2. The molecule has 3 rings (SSSR count). The van der Waals surface area contributed by atoms with Crippen molar-refractivity contribution in [3.63, 3.8) is 0 Å². The number of amides is 1. The fourth-order valence-corrected chi connectivity index (χ4v) is 4.67. The molecule has 0 fully saturated rings. The average molecular weight is 479 g/mol. The highest BCUT2D eigenvalue weighted by molar-refractivity contribution is 7.99. The molecule has 0 aliphatic carbocycles. The zero-order chi connectivity index (χ0) is 21.5. The minimum atomic E-state index is -0.422. The Bertz CT molecular complexity index is 1050. The molecule has 0 radical (unpaired) electrons. The van der Waals surface area contributed by atoms with Gasteiger partial charge in [-0.15, -0.1) is 11.8 Å². The summed E-state index contributed by atoms with van der Waals surface area (Å²) >= 11 is 15.0. The van der Waals surface area contributed by atoms with Crippen LogP contribution in [0.1, 0.15) is 5.56 Å². The number of nitrogens with one attached hydrogen (secondary N) is 1. The Kier molecular flexibility index (Phi) is 8.04. The van der Waals surface area contributed by atoms with E-state index >= 15 is 0 Å². The fourth-order valence-electron chi connectivity index (χ4n) is 2.47. The topological polar surface area (TPSA) is 72.2 Å². The van der Waals surface area contributed by atoms with E-state index < -0.39 is 4.92 Å². The predicted octanol–water partition coefficient (Wildman–Crippen LogP) is 6.92. The normalized spacial score (nSPS) is 10.6. The van der Waals surface area contributed by atoms with Gasteiger partial charge >= 0.3 is 0 Å². The van der Waals surface area contributed by atoms with Crippen LogP contribution in [-0.4, -0.2) is 16.6 Å². The van der Waals surface area contributed by atoms with E-state index in [4.69, 9.17) is 23.2 Å². The van der Waals surface area contributed by atoms with Gasteiger partial charge in [-0.2, -0.15) is 0 Å². The molecule has 0 heterocycles. The zero-order valence-electron chi connectivity index (χ0n) is 15.5. The first kappa shape index (κ1) is 22.5. The third kappa shape index (κ3) is 6.67. The van der Waals surface area contributed by atoms with Crippen molar-refractivity contribution in [1.29, 1.82) is 0 Å². The number of carbonyl (C=O) groups is 1. The molecular formula is C21H16Cl2N2O3S2. The Morgan fingerprint density at radius 3 is 2.20 bits per heavy atom. The summed E-state index contributed by atoms with van der Waals surface area (Å²) in [6.45, 7) is 0. The van der Waals surface area contributed by atoms with Crippen molar-refractivity contribution >= 4 is 64.0 Å². The third-order valence-corrected chi connectivity index (χ3v) is 6.51. The van der Waals surface area contributed by atoms with Crippen molar-refractivity contribution in [2.24, 2.45) is 0 Å². The Morgan fingerprint density at radius 2 is 1.60 bits per heavy atom. The Morgan fingerprint density at radius 1 is 0.967 bits per heavy atom. The Hall–Kier alpha value is -2.19. The van der Waals surface area contributed by atoms with Gasteiger partial charge in [-0.3, -0.25) is 14.9 Å². The molecule has 0 atom stereocenters. The number of rotatable bonds is 8. The molecule has 30 heavy (non-hydrogen) atoms. The lowest BCUT2D eigenvalue weighted by Gasteiger charge is -2.08. The molecule has 0 bridgehead atoms. The minimum Gasteiger partial charge on any atom is -0.325 e. The van der Waals surface area contributed by atoms with Crippen molar-refractivity contribution < 1.29 is 9.72 Å². The first-order valence-electron chi connectivity index (χ1n) is 8.74. The molecule has 0 aliphatic heterocycles. The van der Waals surface area contributed by atoms with E-state index in [-0.39, 0.29) is 11.6 Å². The van der Waals surface area contributed by atoms with Gasteiger partial charge in [0.25, 0.3) is 5.69 Å². The summed E-state index contributed by atoms with van der Waals surface area (Å²) in [6, 6.07) is 19.1. The molecule has 0 spiro atoms. The monoisotopic (exact) mass is 478 g/mol. The van der Waals surface area contributed by atoms with Crippen molar-refractivity contribution in [3.8, 4) is 0 Å². The molecule has 1 N–H and O–H groups in total. The highest BCUT2D eigenvalue weighted by Crippen LogP contribution is 2.30.